The Labute approximate surface area is 141 Å². The molecule has 0 bridgehead atoms. The number of halogens is 2. The molecule has 3 nitrogen and oxygen atoms in total. The molecule has 0 saturated carbocycles. The van der Waals surface area contributed by atoms with E-state index >= 15 is 0 Å². The summed E-state index contributed by atoms with van der Waals surface area (Å²) in [5.74, 6) is 0.973. The molecule has 0 fully saturated rings. The van der Waals surface area contributed by atoms with Crippen molar-refractivity contribution < 1.29 is 9.53 Å². The Bertz CT molecular complexity index is 630. The summed E-state index contributed by atoms with van der Waals surface area (Å²) in [7, 11) is 0. The number of nitrogens with zero attached hydrogens (tertiary/aromatic N) is 1. The third kappa shape index (κ3) is 5.41. The monoisotopic (exact) mass is 387 g/mol. The van der Waals surface area contributed by atoms with Crippen molar-refractivity contribution in [1.82, 2.24) is 4.98 Å². The molecule has 6 heteroatoms. The Hall–Kier alpha value is -0.910. The number of hydrogen-bond donors (Lipinski definition) is 0. The number of carbonyl (C=O) groups is 1. The molecular weight excluding hydrogens is 374 g/mol. The number of aromatic nitrogens is 1. The highest BCUT2D eigenvalue weighted by atomic mass is 79.9. The summed E-state index contributed by atoms with van der Waals surface area (Å²) in [5.41, 5.74) is 0.986. The molecule has 21 heavy (non-hydrogen) atoms. The van der Waals surface area contributed by atoms with Crippen LogP contribution in [0.25, 0.3) is 0 Å². The smallest absolute Gasteiger partial charge is 0.139 e. The van der Waals surface area contributed by atoms with Gasteiger partial charge in [-0.05, 0) is 53.0 Å². The van der Waals surface area contributed by atoms with Gasteiger partial charge in [0.15, 0.2) is 0 Å². The Balaban J connectivity index is 1.69. The van der Waals surface area contributed by atoms with Gasteiger partial charge in [0, 0.05) is 11.4 Å². The van der Waals surface area contributed by atoms with Crippen molar-refractivity contribution in [2.75, 3.05) is 6.61 Å². The van der Waals surface area contributed by atoms with Crippen molar-refractivity contribution in [2.45, 2.75) is 26.2 Å². The Morgan fingerprint density at radius 1 is 1.48 bits per heavy atom. The minimum absolute atomic E-state index is 0.188. The summed E-state index contributed by atoms with van der Waals surface area (Å²) in [5, 5.41) is 1.58. The van der Waals surface area contributed by atoms with Gasteiger partial charge in [-0.3, -0.25) is 4.79 Å². The molecule has 1 aromatic heterocycles. The highest BCUT2D eigenvalue weighted by Gasteiger charge is 2.07. The van der Waals surface area contributed by atoms with E-state index in [1.165, 1.54) is 11.3 Å². The van der Waals surface area contributed by atoms with Crippen LogP contribution in [0.2, 0.25) is 5.02 Å². The fourth-order valence-electron chi connectivity index (χ4n) is 1.79. The summed E-state index contributed by atoms with van der Waals surface area (Å²) >= 11 is 10.8. The van der Waals surface area contributed by atoms with Gasteiger partial charge in [0.25, 0.3) is 0 Å². The molecule has 0 unspecified atom stereocenters. The second kappa shape index (κ2) is 7.92. The molecule has 0 spiro atoms. The van der Waals surface area contributed by atoms with Gasteiger partial charge in [-0.1, -0.05) is 11.6 Å². The molecular formula is C15H15BrClNO2S. The molecule has 0 radical (unpaired) electrons. The number of ketones is 1. The first kappa shape index (κ1) is 16.5. The SMILES string of the molecule is Cc1cc(OCCCC(=O)Cc2ncc(Br)s2)ccc1Cl. The van der Waals surface area contributed by atoms with E-state index in [0.717, 1.165) is 25.1 Å². The first-order valence-electron chi connectivity index (χ1n) is 6.55. The predicted octanol–water partition coefficient (Wildman–Crippen LogP) is 4.84. The third-order valence-electron chi connectivity index (χ3n) is 2.87. The van der Waals surface area contributed by atoms with Crippen LogP contribution in [-0.2, 0) is 11.2 Å². The fourth-order valence-corrected chi connectivity index (χ4v) is 3.24. The first-order chi connectivity index (χ1) is 10.0. The van der Waals surface area contributed by atoms with E-state index in [9.17, 15) is 4.79 Å². The molecule has 2 aromatic rings. The maximum absolute atomic E-state index is 11.8. The van der Waals surface area contributed by atoms with Crippen molar-refractivity contribution >= 4 is 44.7 Å². The topological polar surface area (TPSA) is 39.2 Å². The van der Waals surface area contributed by atoms with E-state index in [4.69, 9.17) is 16.3 Å². The van der Waals surface area contributed by atoms with Gasteiger partial charge >= 0.3 is 0 Å². The minimum Gasteiger partial charge on any atom is -0.494 e. The number of benzene rings is 1. The van der Waals surface area contributed by atoms with Crippen LogP contribution in [-0.4, -0.2) is 17.4 Å². The zero-order valence-corrected chi connectivity index (χ0v) is 14.7. The van der Waals surface area contributed by atoms with Gasteiger partial charge in [0.1, 0.15) is 16.5 Å². The number of aryl methyl sites for hydroxylation is 1. The van der Waals surface area contributed by atoms with E-state index in [2.05, 4.69) is 20.9 Å². The predicted molar refractivity (Wildman–Crippen MR) is 89.4 cm³/mol. The number of Topliss-reactive ketones (excluding diaryl/α,β-unsaturated/α-hetero) is 1. The van der Waals surface area contributed by atoms with Gasteiger partial charge in [-0.2, -0.15) is 0 Å². The quantitative estimate of drug-likeness (QED) is 0.637. The van der Waals surface area contributed by atoms with E-state index < -0.39 is 0 Å². The third-order valence-corrected chi connectivity index (χ3v) is 4.77. The molecule has 0 atom stereocenters. The van der Waals surface area contributed by atoms with Crippen LogP contribution in [0.5, 0.6) is 5.75 Å². The Kier molecular flexibility index (Phi) is 6.21. The lowest BCUT2D eigenvalue weighted by Gasteiger charge is -2.07. The summed E-state index contributed by atoms with van der Waals surface area (Å²) in [6, 6.07) is 5.55. The van der Waals surface area contributed by atoms with Crippen molar-refractivity contribution in [2.24, 2.45) is 0 Å². The van der Waals surface area contributed by atoms with E-state index in [1.807, 2.05) is 25.1 Å². The van der Waals surface area contributed by atoms with Gasteiger partial charge in [-0.25, -0.2) is 4.98 Å². The lowest BCUT2D eigenvalue weighted by molar-refractivity contribution is -0.118. The molecule has 112 valence electrons. The highest BCUT2D eigenvalue weighted by Crippen LogP contribution is 2.22. The molecule has 1 aromatic carbocycles. The molecule has 0 saturated heterocycles. The van der Waals surface area contributed by atoms with Crippen molar-refractivity contribution in [3.8, 4) is 5.75 Å². The minimum atomic E-state index is 0.188. The van der Waals surface area contributed by atoms with Crippen LogP contribution < -0.4 is 4.74 Å². The average Bonchev–Trinajstić information content (AvgIpc) is 2.84. The van der Waals surface area contributed by atoms with Crippen molar-refractivity contribution in [3.05, 3.63) is 43.8 Å². The van der Waals surface area contributed by atoms with Crippen LogP contribution in [0.4, 0.5) is 0 Å². The number of carbonyl (C=O) groups excluding carboxylic acids is 1. The Morgan fingerprint density at radius 3 is 2.95 bits per heavy atom. The number of thiazole rings is 1. The summed E-state index contributed by atoms with van der Waals surface area (Å²) in [6.45, 7) is 2.46. The molecule has 0 aliphatic carbocycles. The summed E-state index contributed by atoms with van der Waals surface area (Å²) < 4.78 is 6.57. The number of hydrogen-bond acceptors (Lipinski definition) is 4. The van der Waals surface area contributed by atoms with E-state index in [1.54, 1.807) is 6.20 Å². The second-order valence-electron chi connectivity index (χ2n) is 4.64. The molecule has 0 aliphatic rings. The summed E-state index contributed by atoms with van der Waals surface area (Å²) in [6.07, 6.45) is 3.33. The lowest BCUT2D eigenvalue weighted by Crippen LogP contribution is -2.06. The maximum Gasteiger partial charge on any atom is 0.139 e. The van der Waals surface area contributed by atoms with E-state index in [0.29, 0.717) is 25.9 Å². The van der Waals surface area contributed by atoms with Gasteiger partial charge in [-0.15, -0.1) is 11.3 Å². The zero-order valence-electron chi connectivity index (χ0n) is 11.6. The second-order valence-corrected chi connectivity index (χ2v) is 7.54. The molecule has 0 aliphatic heterocycles. The average molecular weight is 389 g/mol. The van der Waals surface area contributed by atoms with Crippen molar-refractivity contribution in [1.29, 1.82) is 0 Å². The van der Waals surface area contributed by atoms with Crippen molar-refractivity contribution in [3.63, 3.8) is 0 Å². The van der Waals surface area contributed by atoms with E-state index in [-0.39, 0.29) is 5.78 Å². The van der Waals surface area contributed by atoms with Gasteiger partial charge in [0.2, 0.25) is 0 Å². The number of ether oxygens (including phenoxy) is 1. The lowest BCUT2D eigenvalue weighted by atomic mass is 10.2. The highest BCUT2D eigenvalue weighted by molar-refractivity contribution is 9.11. The van der Waals surface area contributed by atoms with Crippen LogP contribution in [0.3, 0.4) is 0 Å². The van der Waals surface area contributed by atoms with Gasteiger partial charge in [0.05, 0.1) is 23.0 Å². The van der Waals surface area contributed by atoms with Crippen LogP contribution in [0.15, 0.2) is 28.2 Å². The molecule has 0 N–H and O–H groups in total. The molecule has 1 heterocycles. The first-order valence-corrected chi connectivity index (χ1v) is 8.54. The largest absolute Gasteiger partial charge is 0.494 e. The molecule has 0 amide bonds. The normalized spacial score (nSPS) is 10.6. The Morgan fingerprint density at radius 2 is 2.29 bits per heavy atom. The standard InChI is InChI=1S/C15H15BrClNO2S/c1-10-7-12(4-5-13(10)17)20-6-2-3-11(19)8-15-18-9-14(16)21-15/h4-5,7,9H,2-3,6,8H2,1H3. The molecule has 2 rings (SSSR count). The number of rotatable bonds is 7. The zero-order chi connectivity index (χ0) is 15.2. The van der Waals surface area contributed by atoms with Crippen LogP contribution >= 0.6 is 38.9 Å². The van der Waals surface area contributed by atoms with Gasteiger partial charge < -0.3 is 4.74 Å². The van der Waals surface area contributed by atoms with Crippen LogP contribution in [0, 0.1) is 6.92 Å². The maximum atomic E-state index is 11.8. The van der Waals surface area contributed by atoms with Crippen LogP contribution in [0.1, 0.15) is 23.4 Å². The summed E-state index contributed by atoms with van der Waals surface area (Å²) in [4.78, 5) is 16.0. The fraction of sp³-hybridized carbons (Fsp3) is 0.333.